The van der Waals surface area contributed by atoms with Crippen LogP contribution in [-0.4, -0.2) is 24.2 Å². The summed E-state index contributed by atoms with van der Waals surface area (Å²) in [6, 6.07) is 26.2. The normalized spacial score (nSPS) is 10.1. The second-order valence-electron chi connectivity index (χ2n) is 8.17. The molecule has 6 nitrogen and oxygen atoms in total. The van der Waals surface area contributed by atoms with Gasteiger partial charge >= 0.3 is 11.9 Å². The maximum absolute atomic E-state index is 11.7. The topological polar surface area (TPSA) is 87.7 Å². The number of hydrogen-bond donors (Lipinski definition) is 3. The second kappa shape index (κ2) is 13.1. The summed E-state index contributed by atoms with van der Waals surface area (Å²) in [7, 11) is 1.38. The number of rotatable bonds is 6. The lowest BCUT2D eigenvalue weighted by molar-refractivity contribution is 0.0601. The molecule has 0 fully saturated rings. The fourth-order valence-electron chi connectivity index (χ4n) is 3.44. The van der Waals surface area contributed by atoms with Gasteiger partial charge in [-0.05, 0) is 85.6 Å². The summed E-state index contributed by atoms with van der Waals surface area (Å²) in [5.41, 5.74) is 5.96. The number of aromatic carboxylic acids is 1. The third-order valence-electron chi connectivity index (χ3n) is 5.19. The smallest absolute Gasteiger partial charge is 0.339 e. The largest absolute Gasteiger partial charge is 0.478 e. The van der Waals surface area contributed by atoms with Gasteiger partial charge in [0, 0.05) is 20.3 Å². The molecule has 0 saturated carbocycles. The van der Waals surface area contributed by atoms with Gasteiger partial charge in [-0.15, -0.1) is 0 Å². The van der Waals surface area contributed by atoms with Crippen LogP contribution in [0.4, 0.5) is 22.7 Å². The zero-order valence-corrected chi connectivity index (χ0v) is 23.7. The highest BCUT2D eigenvalue weighted by Crippen LogP contribution is 2.26. The fraction of sp³-hybridized carbons (Fsp3) is 0.103. The summed E-state index contributed by atoms with van der Waals surface area (Å²) in [5, 5.41) is 15.5. The summed E-state index contributed by atoms with van der Waals surface area (Å²) in [6.45, 7) is 3.91. The average Bonchev–Trinajstić information content (AvgIpc) is 2.84. The lowest BCUT2D eigenvalue weighted by atomic mass is 10.1. The molecule has 190 valence electrons. The van der Waals surface area contributed by atoms with E-state index in [1.165, 1.54) is 7.11 Å². The highest BCUT2D eigenvalue weighted by molar-refractivity contribution is 9.10. The first-order valence-electron chi connectivity index (χ1n) is 11.2. The van der Waals surface area contributed by atoms with E-state index in [-0.39, 0.29) is 11.5 Å². The molecule has 0 aliphatic rings. The van der Waals surface area contributed by atoms with Crippen LogP contribution in [0.2, 0.25) is 0 Å². The van der Waals surface area contributed by atoms with Crippen LogP contribution in [0.25, 0.3) is 0 Å². The minimum absolute atomic E-state index is 0.264. The van der Waals surface area contributed by atoms with Crippen LogP contribution in [0.5, 0.6) is 0 Å². The van der Waals surface area contributed by atoms with Crippen molar-refractivity contribution in [2.24, 2.45) is 0 Å². The molecule has 0 amide bonds. The number of anilines is 4. The van der Waals surface area contributed by atoms with E-state index in [4.69, 9.17) is 9.84 Å². The van der Waals surface area contributed by atoms with Crippen molar-refractivity contribution in [3.05, 3.63) is 116 Å². The average molecular weight is 626 g/mol. The van der Waals surface area contributed by atoms with Crippen LogP contribution in [0.3, 0.4) is 0 Å². The molecule has 0 saturated heterocycles. The first kappa shape index (κ1) is 28.0. The fourth-order valence-corrected chi connectivity index (χ4v) is 4.24. The molecule has 0 radical (unpaired) electrons. The molecule has 4 aromatic rings. The Labute approximate surface area is 232 Å². The number of carboxylic acid groups (broad SMARTS) is 1. The molecule has 4 rings (SSSR count). The van der Waals surface area contributed by atoms with E-state index >= 15 is 0 Å². The van der Waals surface area contributed by atoms with Gasteiger partial charge in [-0.2, -0.15) is 0 Å². The molecular formula is C29H26Br2N2O4. The van der Waals surface area contributed by atoms with E-state index in [1.807, 2.05) is 80.6 Å². The van der Waals surface area contributed by atoms with Crippen LogP contribution >= 0.6 is 31.9 Å². The number of methoxy groups -OCH3 is 1. The molecule has 0 atom stereocenters. The molecule has 0 aliphatic heterocycles. The molecule has 0 unspecified atom stereocenters. The van der Waals surface area contributed by atoms with Gasteiger partial charge in [-0.3, -0.25) is 0 Å². The summed E-state index contributed by atoms with van der Waals surface area (Å²) in [6.07, 6.45) is 0. The third kappa shape index (κ3) is 8.20. The SMILES string of the molecule is COC(=O)c1ccc(C)cc1Nc1cccc(Br)c1.Cc1ccc(C(=O)O)c(Nc2cccc(Br)c2)c1. The highest BCUT2D eigenvalue weighted by Gasteiger charge is 2.12. The van der Waals surface area contributed by atoms with Gasteiger partial charge in [0.15, 0.2) is 0 Å². The predicted octanol–water partition coefficient (Wildman–Crippen LogP) is 8.49. The minimum Gasteiger partial charge on any atom is -0.478 e. The number of carbonyl (C=O) groups excluding carboxylic acids is 1. The molecule has 0 spiro atoms. The number of halogens is 2. The minimum atomic E-state index is -0.938. The zero-order chi connectivity index (χ0) is 26.9. The summed E-state index contributed by atoms with van der Waals surface area (Å²) >= 11 is 6.80. The molecule has 8 heteroatoms. The highest BCUT2D eigenvalue weighted by atomic mass is 79.9. The van der Waals surface area contributed by atoms with Crippen molar-refractivity contribution in [2.75, 3.05) is 17.7 Å². The van der Waals surface area contributed by atoms with Gasteiger partial charge < -0.3 is 20.5 Å². The monoisotopic (exact) mass is 624 g/mol. The van der Waals surface area contributed by atoms with Crippen LogP contribution in [0, 0.1) is 13.8 Å². The van der Waals surface area contributed by atoms with Gasteiger partial charge in [-0.1, -0.05) is 56.1 Å². The van der Waals surface area contributed by atoms with Crippen molar-refractivity contribution in [1.29, 1.82) is 0 Å². The number of aryl methyl sites for hydroxylation is 2. The molecule has 0 aliphatic carbocycles. The Morgan fingerprint density at radius 2 is 1.16 bits per heavy atom. The van der Waals surface area contributed by atoms with Crippen molar-refractivity contribution >= 4 is 66.5 Å². The lowest BCUT2D eigenvalue weighted by Crippen LogP contribution is -2.05. The molecule has 0 bridgehead atoms. The Balaban J connectivity index is 0.000000206. The maximum atomic E-state index is 11.7. The van der Waals surface area contributed by atoms with Crippen molar-refractivity contribution in [3.8, 4) is 0 Å². The summed E-state index contributed by atoms with van der Waals surface area (Å²) < 4.78 is 6.71. The van der Waals surface area contributed by atoms with Crippen molar-refractivity contribution < 1.29 is 19.4 Å². The number of benzene rings is 4. The van der Waals surface area contributed by atoms with Crippen molar-refractivity contribution in [2.45, 2.75) is 13.8 Å². The number of esters is 1. The number of hydrogen-bond acceptors (Lipinski definition) is 5. The van der Waals surface area contributed by atoms with E-state index < -0.39 is 5.97 Å². The third-order valence-corrected chi connectivity index (χ3v) is 6.18. The van der Waals surface area contributed by atoms with Gasteiger partial charge in [0.05, 0.1) is 29.6 Å². The Bertz CT molecular complexity index is 1420. The zero-order valence-electron chi connectivity index (χ0n) is 20.5. The van der Waals surface area contributed by atoms with Gasteiger partial charge in [0.2, 0.25) is 0 Å². The predicted molar refractivity (Wildman–Crippen MR) is 156 cm³/mol. The number of carbonyl (C=O) groups is 2. The van der Waals surface area contributed by atoms with E-state index in [2.05, 4.69) is 42.5 Å². The Kier molecular flexibility index (Phi) is 9.88. The van der Waals surface area contributed by atoms with E-state index in [0.29, 0.717) is 11.3 Å². The van der Waals surface area contributed by atoms with Crippen LogP contribution in [-0.2, 0) is 4.74 Å². The van der Waals surface area contributed by atoms with E-state index in [0.717, 1.165) is 37.1 Å². The van der Waals surface area contributed by atoms with Crippen molar-refractivity contribution in [1.82, 2.24) is 0 Å². The number of nitrogens with one attached hydrogen (secondary N) is 2. The number of ether oxygens (including phenoxy) is 1. The Hall–Kier alpha value is -3.62. The summed E-state index contributed by atoms with van der Waals surface area (Å²) in [5.74, 6) is -1.29. The van der Waals surface area contributed by atoms with E-state index in [9.17, 15) is 9.59 Å². The molecule has 4 aromatic carbocycles. The molecule has 37 heavy (non-hydrogen) atoms. The van der Waals surface area contributed by atoms with E-state index in [1.54, 1.807) is 18.2 Å². The second-order valence-corrected chi connectivity index (χ2v) is 10.00. The van der Waals surface area contributed by atoms with Crippen LogP contribution in [0.1, 0.15) is 31.8 Å². The van der Waals surface area contributed by atoms with Crippen LogP contribution in [0.15, 0.2) is 93.9 Å². The molecule has 0 heterocycles. The van der Waals surface area contributed by atoms with Gasteiger partial charge in [0.25, 0.3) is 0 Å². The van der Waals surface area contributed by atoms with Gasteiger partial charge in [0.1, 0.15) is 0 Å². The van der Waals surface area contributed by atoms with Gasteiger partial charge in [-0.25, -0.2) is 9.59 Å². The standard InChI is InChI=1S/C15H14BrNO2.C14H12BrNO2/c1-10-6-7-13(15(18)19-2)14(8-10)17-12-5-3-4-11(16)9-12;1-9-5-6-12(14(17)18)13(7-9)16-11-4-2-3-10(15)8-11/h3-9,17H,1-2H3;2-8,16H,1H3,(H,17,18). The van der Waals surface area contributed by atoms with Crippen LogP contribution < -0.4 is 10.6 Å². The first-order valence-corrected chi connectivity index (χ1v) is 12.8. The molecular weight excluding hydrogens is 600 g/mol. The quantitative estimate of drug-likeness (QED) is 0.186. The maximum Gasteiger partial charge on any atom is 0.339 e. The molecule has 0 aromatic heterocycles. The molecule has 3 N–H and O–H groups in total. The van der Waals surface area contributed by atoms with Crippen molar-refractivity contribution in [3.63, 3.8) is 0 Å². The first-order chi connectivity index (χ1) is 17.7. The lowest BCUT2D eigenvalue weighted by Gasteiger charge is -2.12. The Morgan fingerprint density at radius 3 is 1.59 bits per heavy atom. The summed E-state index contributed by atoms with van der Waals surface area (Å²) in [4.78, 5) is 22.9. The Morgan fingerprint density at radius 1 is 0.703 bits per heavy atom. The number of carboxylic acids is 1.